The molecular weight excluding hydrogens is 685 g/mol. The van der Waals surface area contributed by atoms with Gasteiger partial charge < -0.3 is 0 Å². The van der Waals surface area contributed by atoms with Gasteiger partial charge in [0.2, 0.25) is 0 Å². The molecule has 0 fully saturated rings. The molecule has 0 saturated heterocycles. The van der Waals surface area contributed by atoms with Crippen molar-refractivity contribution in [1.29, 1.82) is 0 Å². The number of hydrogen-bond acceptors (Lipinski definition) is 0. The van der Waals surface area contributed by atoms with E-state index >= 15 is 0 Å². The van der Waals surface area contributed by atoms with Gasteiger partial charge in [-0.25, -0.2) is 0 Å². The predicted octanol–water partition coefficient (Wildman–Crippen LogP) is 16.0. The Morgan fingerprint density at radius 3 is 1.32 bits per heavy atom. The molecule has 9 aromatic rings. The minimum absolute atomic E-state index is 1.06. The largest absolute Gasteiger partial charge is 0.0836 e. The fraction of sp³-hybridized carbons (Fsp3) is 0.0526. The van der Waals surface area contributed by atoms with Crippen LogP contribution in [0.4, 0.5) is 0 Å². The van der Waals surface area contributed by atoms with Crippen molar-refractivity contribution in [1.82, 2.24) is 0 Å². The van der Waals surface area contributed by atoms with E-state index in [1.54, 1.807) is 0 Å². The third kappa shape index (κ3) is 5.60. The summed E-state index contributed by atoms with van der Waals surface area (Å²) in [5, 5.41) is 5.20. The average Bonchev–Trinajstić information content (AvgIpc) is 3.62. The van der Waals surface area contributed by atoms with Crippen LogP contribution < -0.4 is 0 Å². The summed E-state index contributed by atoms with van der Waals surface area (Å²) in [7, 11) is 0. The zero-order valence-electron chi connectivity index (χ0n) is 32.0. The van der Waals surface area contributed by atoms with Gasteiger partial charge in [-0.2, -0.15) is 0 Å². The maximum absolute atomic E-state index is 2.45. The van der Waals surface area contributed by atoms with Crippen LogP contribution in [0.3, 0.4) is 0 Å². The summed E-state index contributed by atoms with van der Waals surface area (Å²) in [5.41, 5.74) is 21.5. The van der Waals surface area contributed by atoms with E-state index in [9.17, 15) is 0 Å². The van der Waals surface area contributed by atoms with Gasteiger partial charge in [0.25, 0.3) is 0 Å². The molecule has 2 aliphatic rings. The highest BCUT2D eigenvalue weighted by molar-refractivity contribution is 6.28. The van der Waals surface area contributed by atoms with Crippen molar-refractivity contribution < 1.29 is 0 Å². The monoisotopic (exact) mass is 724 g/mol. The lowest BCUT2D eigenvalue weighted by Gasteiger charge is -2.22. The number of allylic oxidation sites excluding steroid dienone is 4. The minimum atomic E-state index is 1.06. The summed E-state index contributed by atoms with van der Waals surface area (Å²) in [5.74, 6) is 0. The van der Waals surface area contributed by atoms with E-state index in [1.165, 1.54) is 116 Å². The minimum Gasteiger partial charge on any atom is -0.0836 e. The van der Waals surface area contributed by atoms with Crippen LogP contribution in [0.25, 0.3) is 105 Å². The van der Waals surface area contributed by atoms with Crippen molar-refractivity contribution in [3.05, 3.63) is 211 Å². The lowest BCUT2D eigenvalue weighted by molar-refractivity contribution is 1.04. The van der Waals surface area contributed by atoms with Gasteiger partial charge in [0.15, 0.2) is 0 Å². The summed E-state index contributed by atoms with van der Waals surface area (Å²) in [6.07, 6.45) is 9.19. The van der Waals surface area contributed by atoms with Crippen LogP contribution in [0, 0.1) is 6.92 Å². The summed E-state index contributed by atoms with van der Waals surface area (Å²) >= 11 is 0. The van der Waals surface area contributed by atoms with Crippen molar-refractivity contribution in [3.8, 4) is 77.9 Å². The Hall–Kier alpha value is -7.02. The topological polar surface area (TPSA) is 0 Å². The Labute approximate surface area is 334 Å². The molecule has 268 valence electrons. The second-order valence-electron chi connectivity index (χ2n) is 15.5. The average molecular weight is 725 g/mol. The van der Waals surface area contributed by atoms with Crippen molar-refractivity contribution in [2.24, 2.45) is 0 Å². The summed E-state index contributed by atoms with van der Waals surface area (Å²) in [6.45, 7) is 2.25. The molecule has 0 heteroatoms. The first kappa shape index (κ1) is 33.3. The first-order valence-corrected chi connectivity index (χ1v) is 20.2. The van der Waals surface area contributed by atoms with Crippen LogP contribution >= 0.6 is 0 Å². The molecule has 9 aromatic carbocycles. The SMILES string of the molecule is Cc1ccc2c3c(cccc13)-c1c-2c(-c2cc(-c3ccccc3)cc(-c3ccccc3)c2)c2ccccc2c1-c1cc(C2=CCCC=C2)cc(-c2ccccc2)c1. The summed E-state index contributed by atoms with van der Waals surface area (Å²) in [6, 6.07) is 67.8. The quantitative estimate of drug-likeness (QED) is 0.160. The van der Waals surface area contributed by atoms with Gasteiger partial charge in [-0.3, -0.25) is 0 Å². The van der Waals surface area contributed by atoms with Crippen molar-refractivity contribution in [3.63, 3.8) is 0 Å². The van der Waals surface area contributed by atoms with Gasteiger partial charge in [0.05, 0.1) is 0 Å². The molecule has 2 aliphatic carbocycles. The zero-order chi connectivity index (χ0) is 37.9. The van der Waals surface area contributed by atoms with Gasteiger partial charge in [0, 0.05) is 0 Å². The third-order valence-corrected chi connectivity index (χ3v) is 12.1. The van der Waals surface area contributed by atoms with Gasteiger partial charge >= 0.3 is 0 Å². The van der Waals surface area contributed by atoms with E-state index < -0.39 is 0 Å². The number of rotatable bonds is 6. The molecule has 0 aliphatic heterocycles. The molecule has 57 heavy (non-hydrogen) atoms. The second-order valence-corrected chi connectivity index (χ2v) is 15.5. The van der Waals surface area contributed by atoms with Crippen LogP contribution in [0.15, 0.2) is 200 Å². The van der Waals surface area contributed by atoms with E-state index in [-0.39, 0.29) is 0 Å². The van der Waals surface area contributed by atoms with Crippen LogP contribution in [0.5, 0.6) is 0 Å². The van der Waals surface area contributed by atoms with Gasteiger partial charge in [0.1, 0.15) is 0 Å². The van der Waals surface area contributed by atoms with E-state index in [0.717, 1.165) is 12.8 Å². The molecule has 0 bridgehead atoms. The Balaban J connectivity index is 1.29. The summed E-state index contributed by atoms with van der Waals surface area (Å²) < 4.78 is 0. The van der Waals surface area contributed by atoms with Gasteiger partial charge in [-0.1, -0.05) is 164 Å². The lowest BCUT2D eigenvalue weighted by Crippen LogP contribution is -1.96. The van der Waals surface area contributed by atoms with Crippen LogP contribution in [-0.4, -0.2) is 0 Å². The van der Waals surface area contributed by atoms with E-state index in [0.29, 0.717) is 0 Å². The molecule has 0 heterocycles. The predicted molar refractivity (Wildman–Crippen MR) is 244 cm³/mol. The van der Waals surface area contributed by atoms with E-state index in [4.69, 9.17) is 0 Å². The van der Waals surface area contributed by atoms with Crippen LogP contribution in [0.1, 0.15) is 24.0 Å². The molecule has 0 aromatic heterocycles. The van der Waals surface area contributed by atoms with E-state index in [2.05, 4.69) is 207 Å². The number of fused-ring (bicyclic) bond motifs is 4. The normalized spacial score (nSPS) is 12.9. The Morgan fingerprint density at radius 2 is 0.789 bits per heavy atom. The first-order valence-electron chi connectivity index (χ1n) is 20.2. The molecule has 0 spiro atoms. The lowest BCUT2D eigenvalue weighted by atomic mass is 9.80. The Kier molecular flexibility index (Phi) is 7.97. The maximum atomic E-state index is 2.45. The Bertz CT molecular complexity index is 3030. The highest BCUT2D eigenvalue weighted by Gasteiger charge is 2.31. The number of aryl methyl sites for hydroxylation is 1. The molecule has 0 radical (unpaired) electrons. The van der Waals surface area contributed by atoms with Crippen LogP contribution in [0.2, 0.25) is 0 Å². The van der Waals surface area contributed by atoms with Crippen molar-refractivity contribution >= 4 is 27.1 Å². The highest BCUT2D eigenvalue weighted by Crippen LogP contribution is 2.58. The maximum Gasteiger partial charge on any atom is -0.000741 e. The molecule has 0 unspecified atom stereocenters. The molecule has 0 N–H and O–H groups in total. The fourth-order valence-electron chi connectivity index (χ4n) is 9.48. The first-order chi connectivity index (χ1) is 28.2. The second kappa shape index (κ2) is 13.6. The van der Waals surface area contributed by atoms with Gasteiger partial charge in [-0.05, 0) is 172 Å². The zero-order valence-corrected chi connectivity index (χ0v) is 32.0. The molecule has 0 amide bonds. The van der Waals surface area contributed by atoms with Crippen molar-refractivity contribution in [2.45, 2.75) is 19.8 Å². The van der Waals surface area contributed by atoms with Crippen molar-refractivity contribution in [2.75, 3.05) is 0 Å². The Morgan fingerprint density at radius 1 is 0.333 bits per heavy atom. The molecule has 0 atom stereocenters. The summed E-state index contributed by atoms with van der Waals surface area (Å²) in [4.78, 5) is 0. The third-order valence-electron chi connectivity index (χ3n) is 12.1. The molecule has 11 rings (SSSR count). The molecule has 0 saturated carbocycles. The highest BCUT2D eigenvalue weighted by atomic mass is 14.3. The standard InChI is InChI=1S/C57H40/c1-37-29-30-52-55-48(37)27-16-28-51(55)56-53(46-33-42(38-17-6-2-7-18-38)31-43(34-46)39-19-8-3-9-20-39)49-25-14-15-26-50(49)54(57(52)56)47-35-44(40-21-10-4-11-22-40)32-45(36-47)41-23-12-5-13-24-41/h2,4-8,10-36H,3,9H2,1H3. The number of benzene rings is 9. The van der Waals surface area contributed by atoms with Crippen LogP contribution in [-0.2, 0) is 0 Å². The molecule has 0 nitrogen and oxygen atoms in total. The van der Waals surface area contributed by atoms with E-state index in [1.807, 2.05) is 0 Å². The smallest absolute Gasteiger partial charge is 0.000741 e. The molecular formula is C57H40. The van der Waals surface area contributed by atoms with Gasteiger partial charge in [-0.15, -0.1) is 0 Å². The fourth-order valence-corrected chi connectivity index (χ4v) is 9.48. The number of hydrogen-bond donors (Lipinski definition) is 0.